The Kier molecular flexibility index (Phi) is 4.98. The van der Waals surface area contributed by atoms with Gasteiger partial charge in [-0.15, -0.1) is 0 Å². The van der Waals surface area contributed by atoms with Crippen LogP contribution in [0.4, 0.5) is 0 Å². The van der Waals surface area contributed by atoms with Gasteiger partial charge in [0, 0.05) is 37.6 Å². The largest absolute Gasteiger partial charge is 0.348 e. The minimum Gasteiger partial charge on any atom is -0.348 e. The van der Waals surface area contributed by atoms with Crippen LogP contribution in [-0.2, 0) is 19.4 Å². The van der Waals surface area contributed by atoms with Crippen LogP contribution in [0.15, 0.2) is 36.9 Å². The second-order valence-electron chi connectivity index (χ2n) is 7.64. The van der Waals surface area contributed by atoms with E-state index in [9.17, 15) is 4.79 Å². The SMILES string of the molecule is CCn1nc(CC(C)C)cc1C(=O)N1CCc2[nH]cnc2[C@H]1c1cccnc1. The molecule has 28 heavy (non-hydrogen) atoms. The lowest BCUT2D eigenvalue weighted by atomic mass is 9.96. The van der Waals surface area contributed by atoms with Crippen molar-refractivity contribution in [3.63, 3.8) is 0 Å². The first-order valence-corrected chi connectivity index (χ1v) is 9.88. The highest BCUT2D eigenvalue weighted by Crippen LogP contribution is 2.34. The Balaban J connectivity index is 1.73. The summed E-state index contributed by atoms with van der Waals surface area (Å²) in [7, 11) is 0. The summed E-state index contributed by atoms with van der Waals surface area (Å²) in [6.45, 7) is 7.63. The standard InChI is InChI=1S/C21H26N6O/c1-4-27-18(11-16(25-27)10-14(2)3)21(28)26-9-7-17-19(24-13-23-17)20(26)15-6-5-8-22-12-15/h5-6,8,11-14,20H,4,7,9-10H2,1-3H3,(H,23,24)/t20-/m1/s1. The number of aromatic amines is 1. The number of carbonyl (C=O) groups excluding carboxylic acids is 1. The zero-order chi connectivity index (χ0) is 19.7. The van der Waals surface area contributed by atoms with Gasteiger partial charge in [-0.2, -0.15) is 5.10 Å². The summed E-state index contributed by atoms with van der Waals surface area (Å²) in [5.74, 6) is 0.486. The van der Waals surface area contributed by atoms with Gasteiger partial charge in [-0.1, -0.05) is 19.9 Å². The van der Waals surface area contributed by atoms with Crippen molar-refractivity contribution in [2.45, 2.75) is 46.2 Å². The van der Waals surface area contributed by atoms with Gasteiger partial charge in [0.15, 0.2) is 0 Å². The summed E-state index contributed by atoms with van der Waals surface area (Å²) in [5, 5.41) is 4.65. The van der Waals surface area contributed by atoms with Crippen LogP contribution in [0.25, 0.3) is 0 Å². The zero-order valence-corrected chi connectivity index (χ0v) is 16.6. The molecule has 146 valence electrons. The molecule has 1 amide bonds. The zero-order valence-electron chi connectivity index (χ0n) is 16.6. The van der Waals surface area contributed by atoms with Gasteiger partial charge in [-0.25, -0.2) is 4.98 Å². The lowest BCUT2D eigenvalue weighted by Gasteiger charge is -2.35. The molecule has 1 aliphatic rings. The van der Waals surface area contributed by atoms with Gasteiger partial charge >= 0.3 is 0 Å². The molecular weight excluding hydrogens is 352 g/mol. The van der Waals surface area contributed by atoms with Gasteiger partial charge in [0.2, 0.25) is 0 Å². The molecule has 0 spiro atoms. The van der Waals surface area contributed by atoms with Crippen LogP contribution >= 0.6 is 0 Å². The molecule has 0 saturated carbocycles. The molecule has 4 heterocycles. The predicted molar refractivity (Wildman–Crippen MR) is 106 cm³/mol. The van der Waals surface area contributed by atoms with Gasteiger partial charge in [0.05, 0.1) is 17.7 Å². The fourth-order valence-electron chi connectivity index (χ4n) is 3.92. The van der Waals surface area contributed by atoms with Crippen LogP contribution in [0.2, 0.25) is 0 Å². The predicted octanol–water partition coefficient (Wildman–Crippen LogP) is 3.01. The number of rotatable bonds is 5. The molecule has 1 atom stereocenters. The number of nitrogens with one attached hydrogen (secondary N) is 1. The van der Waals surface area contributed by atoms with E-state index in [1.54, 1.807) is 12.5 Å². The summed E-state index contributed by atoms with van der Waals surface area (Å²) >= 11 is 0. The van der Waals surface area contributed by atoms with Crippen molar-refractivity contribution in [2.24, 2.45) is 5.92 Å². The molecule has 4 rings (SSSR count). The number of hydrogen-bond donors (Lipinski definition) is 1. The first kappa shape index (κ1) is 18.4. The normalized spacial score (nSPS) is 16.4. The summed E-state index contributed by atoms with van der Waals surface area (Å²) in [6.07, 6.45) is 6.89. The van der Waals surface area contributed by atoms with Gasteiger partial charge in [-0.3, -0.25) is 14.5 Å². The van der Waals surface area contributed by atoms with Crippen LogP contribution in [0.5, 0.6) is 0 Å². The monoisotopic (exact) mass is 378 g/mol. The highest BCUT2D eigenvalue weighted by Gasteiger charge is 2.35. The molecule has 1 aliphatic heterocycles. The average molecular weight is 378 g/mol. The molecule has 0 bridgehead atoms. The second kappa shape index (κ2) is 7.58. The summed E-state index contributed by atoms with van der Waals surface area (Å²) in [5.41, 5.74) is 4.57. The Labute approximate surface area is 164 Å². The van der Waals surface area contributed by atoms with E-state index in [1.807, 2.05) is 40.9 Å². The van der Waals surface area contributed by atoms with E-state index >= 15 is 0 Å². The number of amides is 1. The number of nitrogens with zero attached hydrogens (tertiary/aromatic N) is 5. The Morgan fingerprint density at radius 3 is 2.96 bits per heavy atom. The summed E-state index contributed by atoms with van der Waals surface area (Å²) in [4.78, 5) is 27.5. The molecule has 0 aromatic carbocycles. The van der Waals surface area contributed by atoms with Crippen molar-refractivity contribution in [1.82, 2.24) is 29.6 Å². The van der Waals surface area contributed by atoms with Crippen molar-refractivity contribution in [1.29, 1.82) is 0 Å². The van der Waals surface area contributed by atoms with Crippen molar-refractivity contribution in [3.05, 3.63) is 65.3 Å². The highest BCUT2D eigenvalue weighted by molar-refractivity contribution is 5.93. The number of aryl methyl sites for hydroxylation is 1. The van der Waals surface area contributed by atoms with E-state index in [-0.39, 0.29) is 11.9 Å². The number of H-pyrrole nitrogens is 1. The third-order valence-corrected chi connectivity index (χ3v) is 5.15. The van der Waals surface area contributed by atoms with E-state index in [1.165, 1.54) is 0 Å². The van der Waals surface area contributed by atoms with Gasteiger partial charge in [0.1, 0.15) is 11.7 Å². The molecule has 0 aliphatic carbocycles. The van der Waals surface area contributed by atoms with Gasteiger partial charge < -0.3 is 9.88 Å². The smallest absolute Gasteiger partial charge is 0.272 e. The van der Waals surface area contributed by atoms with Crippen LogP contribution in [-0.4, -0.2) is 42.1 Å². The molecule has 1 N–H and O–H groups in total. The maximum absolute atomic E-state index is 13.6. The molecule has 3 aromatic rings. The van der Waals surface area contributed by atoms with Gasteiger partial charge in [0.25, 0.3) is 5.91 Å². The van der Waals surface area contributed by atoms with Crippen LogP contribution in [0.3, 0.4) is 0 Å². The van der Waals surface area contributed by atoms with Crippen LogP contribution < -0.4 is 0 Å². The maximum Gasteiger partial charge on any atom is 0.272 e. The van der Waals surface area contributed by atoms with Crippen LogP contribution in [0, 0.1) is 5.92 Å². The molecule has 7 nitrogen and oxygen atoms in total. The average Bonchev–Trinajstić information content (AvgIpc) is 3.33. The lowest BCUT2D eigenvalue weighted by Crippen LogP contribution is -2.41. The maximum atomic E-state index is 13.6. The third kappa shape index (κ3) is 3.32. The first-order chi connectivity index (χ1) is 13.6. The Morgan fingerprint density at radius 2 is 2.25 bits per heavy atom. The van der Waals surface area contributed by atoms with Crippen molar-refractivity contribution in [2.75, 3.05) is 6.54 Å². The number of hydrogen-bond acceptors (Lipinski definition) is 4. The molecule has 0 radical (unpaired) electrons. The molecule has 0 fully saturated rings. The molecule has 3 aromatic heterocycles. The molecule has 0 saturated heterocycles. The number of carbonyl (C=O) groups is 1. The quantitative estimate of drug-likeness (QED) is 0.740. The summed E-state index contributed by atoms with van der Waals surface area (Å²) in [6, 6.07) is 5.61. The minimum atomic E-state index is -0.245. The van der Waals surface area contributed by atoms with Crippen molar-refractivity contribution < 1.29 is 4.79 Å². The van der Waals surface area contributed by atoms with Crippen LogP contribution in [0.1, 0.15) is 59.9 Å². The van der Waals surface area contributed by atoms with E-state index in [2.05, 4.69) is 33.9 Å². The number of aromatic nitrogens is 5. The van der Waals surface area contributed by atoms with Crippen molar-refractivity contribution in [3.8, 4) is 0 Å². The first-order valence-electron chi connectivity index (χ1n) is 9.88. The molecule has 7 heteroatoms. The number of imidazole rings is 1. The number of pyridine rings is 1. The topological polar surface area (TPSA) is 79.7 Å². The molecule has 0 unspecified atom stereocenters. The lowest BCUT2D eigenvalue weighted by molar-refractivity contribution is 0.0677. The van der Waals surface area contributed by atoms with Gasteiger partial charge in [-0.05, 0) is 37.0 Å². The van der Waals surface area contributed by atoms with E-state index in [0.29, 0.717) is 24.7 Å². The second-order valence-corrected chi connectivity index (χ2v) is 7.64. The van der Waals surface area contributed by atoms with E-state index in [4.69, 9.17) is 0 Å². The Bertz CT molecular complexity index is 958. The highest BCUT2D eigenvalue weighted by atomic mass is 16.2. The fourth-order valence-corrected chi connectivity index (χ4v) is 3.92. The van der Waals surface area contributed by atoms with E-state index in [0.717, 1.165) is 35.5 Å². The summed E-state index contributed by atoms with van der Waals surface area (Å²) < 4.78 is 1.82. The van der Waals surface area contributed by atoms with Crippen molar-refractivity contribution >= 4 is 5.91 Å². The number of fused-ring (bicyclic) bond motifs is 1. The minimum absolute atomic E-state index is 0.00754. The third-order valence-electron chi connectivity index (χ3n) is 5.15. The fraction of sp³-hybridized carbons (Fsp3) is 0.429. The Morgan fingerprint density at radius 1 is 1.39 bits per heavy atom. The van der Waals surface area contributed by atoms with E-state index < -0.39 is 0 Å². The molecular formula is C21H26N6O. The Hall–Kier alpha value is -2.96.